The number of hydrogen-bond donors (Lipinski definition) is 1. The Morgan fingerprint density at radius 2 is 1.50 bits per heavy atom. The van der Waals surface area contributed by atoms with Crippen LogP contribution >= 0.6 is 12.2 Å². The summed E-state index contributed by atoms with van der Waals surface area (Å²) in [5.74, 6) is -0.667. The number of nitrogens with zero attached hydrogens (tertiary/aromatic N) is 3. The first kappa shape index (κ1) is 22.4. The Bertz CT molecular complexity index is 1360. The third-order valence-electron chi connectivity index (χ3n) is 5.71. The fourth-order valence-electron chi connectivity index (χ4n) is 3.95. The van der Waals surface area contributed by atoms with Crippen LogP contribution < -0.4 is 0 Å². The molecule has 1 aromatic heterocycles. The molecule has 1 N–H and O–H groups in total. The minimum absolute atomic E-state index is 0.0871. The van der Waals surface area contributed by atoms with Crippen molar-refractivity contribution in [2.75, 3.05) is 26.3 Å². The summed E-state index contributed by atoms with van der Waals surface area (Å²) in [5.41, 5.74) is 2.94. The van der Waals surface area contributed by atoms with Gasteiger partial charge in [0.2, 0.25) is 0 Å². The van der Waals surface area contributed by atoms with Crippen LogP contribution in [0.4, 0.5) is 8.78 Å². The summed E-state index contributed by atoms with van der Waals surface area (Å²) >= 11 is 5.39. The fraction of sp³-hybridized carbons (Fsp3) is 0.200. The number of benzene rings is 3. The van der Waals surface area contributed by atoms with E-state index in [2.05, 4.69) is 10.00 Å². The van der Waals surface area contributed by atoms with Crippen molar-refractivity contribution in [2.24, 2.45) is 0 Å². The van der Waals surface area contributed by atoms with Gasteiger partial charge in [-0.2, -0.15) is 0 Å². The molecule has 0 aliphatic carbocycles. The van der Waals surface area contributed by atoms with Crippen LogP contribution in [0.25, 0.3) is 33.7 Å². The second-order valence-corrected chi connectivity index (χ2v) is 8.33. The van der Waals surface area contributed by atoms with Crippen LogP contribution in [-0.2, 0) is 11.4 Å². The van der Waals surface area contributed by atoms with Crippen molar-refractivity contribution < 1.29 is 23.0 Å². The van der Waals surface area contributed by atoms with Crippen LogP contribution in [0.1, 0.15) is 0 Å². The van der Waals surface area contributed by atoms with Gasteiger partial charge in [-0.3, -0.25) is 4.90 Å². The summed E-state index contributed by atoms with van der Waals surface area (Å²) in [6.07, 6.45) is 0. The third kappa shape index (κ3) is 4.63. The van der Waals surface area contributed by atoms with E-state index >= 15 is 0 Å². The van der Waals surface area contributed by atoms with Crippen molar-refractivity contribution in [2.45, 2.75) is 6.67 Å². The highest BCUT2D eigenvalue weighted by atomic mass is 32.1. The molecule has 0 amide bonds. The van der Waals surface area contributed by atoms with Gasteiger partial charge in [-0.05, 0) is 70.9 Å². The topological polar surface area (TPSA) is 63.7 Å². The van der Waals surface area contributed by atoms with Crippen LogP contribution in [0.15, 0.2) is 65.1 Å². The highest BCUT2D eigenvalue weighted by Gasteiger charge is 2.21. The molecule has 0 saturated carbocycles. The molecule has 1 aliphatic rings. The van der Waals surface area contributed by atoms with Gasteiger partial charge >= 0.3 is 0 Å². The number of morpholine rings is 1. The van der Waals surface area contributed by atoms with Crippen molar-refractivity contribution in [3.63, 3.8) is 0 Å². The van der Waals surface area contributed by atoms with Gasteiger partial charge in [0.15, 0.2) is 0 Å². The molecule has 1 aliphatic heterocycles. The highest BCUT2D eigenvalue weighted by molar-refractivity contribution is 7.71. The predicted molar refractivity (Wildman–Crippen MR) is 126 cm³/mol. The molecule has 174 valence electrons. The summed E-state index contributed by atoms with van der Waals surface area (Å²) in [6.45, 7) is 3.22. The Morgan fingerprint density at radius 3 is 2.15 bits per heavy atom. The largest absolute Gasteiger partial charge is 0.507 e. The summed E-state index contributed by atoms with van der Waals surface area (Å²) in [4.78, 5) is 2.32. The number of aromatic nitrogens is 2. The normalized spacial score (nSPS) is 14.4. The van der Waals surface area contributed by atoms with E-state index in [9.17, 15) is 13.9 Å². The number of hydrogen-bond acceptors (Lipinski definition) is 6. The summed E-state index contributed by atoms with van der Waals surface area (Å²) in [7, 11) is 0. The second kappa shape index (κ2) is 9.46. The Kier molecular flexibility index (Phi) is 6.23. The Hall–Kier alpha value is -3.40. The van der Waals surface area contributed by atoms with Crippen LogP contribution in [0, 0.1) is 16.5 Å². The van der Waals surface area contributed by atoms with Crippen LogP contribution in [0.3, 0.4) is 0 Å². The minimum Gasteiger partial charge on any atom is -0.507 e. The van der Waals surface area contributed by atoms with Gasteiger partial charge in [0.25, 0.3) is 10.7 Å². The number of ether oxygens (including phenoxy) is 1. The molecule has 3 aromatic carbocycles. The first-order chi connectivity index (χ1) is 16.5. The molecular formula is C25H21F2N3O3S. The van der Waals surface area contributed by atoms with E-state index < -0.39 is 0 Å². The number of phenolic OH excluding ortho intramolecular Hbond substituents is 1. The predicted octanol–water partition coefficient (Wildman–Crippen LogP) is 5.48. The molecule has 9 heteroatoms. The molecule has 0 unspecified atom stereocenters. The van der Waals surface area contributed by atoms with Gasteiger partial charge < -0.3 is 14.3 Å². The number of rotatable bonds is 5. The lowest BCUT2D eigenvalue weighted by molar-refractivity contribution is 0.0206. The van der Waals surface area contributed by atoms with Crippen LogP contribution in [0.5, 0.6) is 5.75 Å². The molecule has 4 aromatic rings. The lowest BCUT2D eigenvalue weighted by atomic mass is 9.93. The molecule has 5 rings (SSSR count). The molecule has 34 heavy (non-hydrogen) atoms. The lowest BCUT2D eigenvalue weighted by Crippen LogP contribution is -2.37. The maximum absolute atomic E-state index is 13.6. The summed E-state index contributed by atoms with van der Waals surface area (Å²) in [5, 5.41) is 15.6. The molecule has 2 heterocycles. The second-order valence-electron chi connectivity index (χ2n) is 7.98. The van der Waals surface area contributed by atoms with E-state index in [-0.39, 0.29) is 28.1 Å². The van der Waals surface area contributed by atoms with E-state index in [0.29, 0.717) is 47.7 Å². The van der Waals surface area contributed by atoms with Gasteiger partial charge in [-0.1, -0.05) is 24.3 Å². The Balaban J connectivity index is 1.61. The summed E-state index contributed by atoms with van der Waals surface area (Å²) < 4.78 is 39.8. The van der Waals surface area contributed by atoms with E-state index in [4.69, 9.17) is 21.4 Å². The Morgan fingerprint density at radius 1 is 0.882 bits per heavy atom. The van der Waals surface area contributed by atoms with Crippen LogP contribution in [0.2, 0.25) is 0 Å². The third-order valence-corrected chi connectivity index (χ3v) is 6.00. The molecule has 1 fully saturated rings. The van der Waals surface area contributed by atoms with E-state index in [0.717, 1.165) is 13.1 Å². The number of phenols is 1. The monoisotopic (exact) mass is 481 g/mol. The average molecular weight is 482 g/mol. The van der Waals surface area contributed by atoms with Gasteiger partial charge in [-0.25, -0.2) is 13.5 Å². The zero-order valence-electron chi connectivity index (χ0n) is 18.1. The van der Waals surface area contributed by atoms with Crippen LogP contribution in [-0.4, -0.2) is 46.1 Å². The first-order valence-corrected chi connectivity index (χ1v) is 11.2. The van der Waals surface area contributed by atoms with Gasteiger partial charge in [-0.15, -0.1) is 5.10 Å². The van der Waals surface area contributed by atoms with Crippen molar-refractivity contribution in [1.29, 1.82) is 0 Å². The SMILES string of the molecule is Oc1cc(-c2ccc(F)cc2)cc(-c2ccc(F)cc2)c1-c1nn(CN2CCOCC2)c(=S)o1. The molecule has 0 atom stereocenters. The molecule has 0 radical (unpaired) electrons. The quantitative estimate of drug-likeness (QED) is 0.381. The average Bonchev–Trinajstić information content (AvgIpc) is 3.19. The van der Waals surface area contributed by atoms with Gasteiger partial charge in [0, 0.05) is 13.1 Å². The Labute approximate surface area is 199 Å². The first-order valence-electron chi connectivity index (χ1n) is 10.8. The highest BCUT2D eigenvalue weighted by Crippen LogP contribution is 2.41. The molecular weight excluding hydrogens is 460 g/mol. The van der Waals surface area contributed by atoms with Crippen molar-refractivity contribution in [1.82, 2.24) is 14.7 Å². The van der Waals surface area contributed by atoms with E-state index in [1.807, 2.05) is 6.07 Å². The number of aromatic hydroxyl groups is 1. The zero-order chi connectivity index (χ0) is 23.7. The maximum atomic E-state index is 13.6. The smallest absolute Gasteiger partial charge is 0.288 e. The van der Waals surface area contributed by atoms with Crippen molar-refractivity contribution >= 4 is 12.2 Å². The molecule has 0 bridgehead atoms. The van der Waals surface area contributed by atoms with Gasteiger partial charge in [0.1, 0.15) is 17.4 Å². The van der Waals surface area contributed by atoms with Crippen molar-refractivity contribution in [3.05, 3.63) is 77.1 Å². The number of halogens is 2. The standard InChI is InChI=1S/C25H21F2N3O3S/c26-19-5-1-16(2-6-19)18-13-21(17-3-7-20(27)8-4-17)23(22(31)14-18)24-28-30(25(34)33-24)15-29-9-11-32-12-10-29/h1-8,13-14,31H,9-12,15H2. The minimum atomic E-state index is -0.378. The zero-order valence-corrected chi connectivity index (χ0v) is 18.9. The molecule has 6 nitrogen and oxygen atoms in total. The van der Waals surface area contributed by atoms with Crippen molar-refractivity contribution in [3.8, 4) is 39.5 Å². The van der Waals surface area contributed by atoms with E-state index in [1.54, 1.807) is 35.0 Å². The molecule has 0 spiro atoms. The van der Waals surface area contributed by atoms with E-state index in [1.165, 1.54) is 24.3 Å². The van der Waals surface area contributed by atoms with Gasteiger partial charge in [0.05, 0.1) is 25.4 Å². The maximum Gasteiger partial charge on any atom is 0.288 e. The molecule has 1 saturated heterocycles. The fourth-order valence-corrected chi connectivity index (χ4v) is 4.12. The lowest BCUT2D eigenvalue weighted by Gasteiger charge is -2.25. The summed E-state index contributed by atoms with van der Waals surface area (Å²) in [6, 6.07) is 15.3.